The Morgan fingerprint density at radius 1 is 1.00 bits per heavy atom. The number of hydrogen-bond donors (Lipinski definition) is 2. The fourth-order valence-electron chi connectivity index (χ4n) is 2.41. The van der Waals surface area contributed by atoms with Crippen LogP contribution in [0.3, 0.4) is 0 Å². The van der Waals surface area contributed by atoms with Crippen molar-refractivity contribution in [1.82, 2.24) is 5.43 Å². The Kier molecular flexibility index (Phi) is 9.18. The van der Waals surface area contributed by atoms with Gasteiger partial charge in [-0.05, 0) is 61.4 Å². The number of benzene rings is 2. The lowest BCUT2D eigenvalue weighted by atomic mass is 10.2. The second-order valence-corrected chi connectivity index (χ2v) is 6.22. The van der Waals surface area contributed by atoms with Crippen molar-refractivity contribution in [2.75, 3.05) is 25.6 Å². The molecule has 2 amide bonds. The van der Waals surface area contributed by atoms with Gasteiger partial charge in [0.1, 0.15) is 5.75 Å². The van der Waals surface area contributed by atoms with Crippen LogP contribution in [0.4, 0.5) is 5.69 Å². The van der Waals surface area contributed by atoms with Crippen molar-refractivity contribution >= 4 is 23.7 Å². The molecule has 2 rings (SSSR count). The smallest absolute Gasteiger partial charge is 0.329 e. The predicted molar refractivity (Wildman–Crippen MR) is 115 cm³/mol. The Bertz CT molecular complexity index is 866. The van der Waals surface area contributed by atoms with E-state index in [0.717, 1.165) is 12.8 Å². The van der Waals surface area contributed by atoms with Gasteiger partial charge in [-0.25, -0.2) is 5.43 Å². The van der Waals surface area contributed by atoms with Gasteiger partial charge in [0, 0.05) is 5.69 Å². The highest BCUT2D eigenvalue weighted by Crippen LogP contribution is 2.27. The van der Waals surface area contributed by atoms with Crippen LogP contribution in [0.15, 0.2) is 47.6 Å². The average molecular weight is 413 g/mol. The Balaban J connectivity index is 1.87. The molecule has 0 atom stereocenters. The molecule has 0 unspecified atom stereocenters. The molecule has 2 N–H and O–H groups in total. The van der Waals surface area contributed by atoms with Crippen molar-refractivity contribution < 1.29 is 23.8 Å². The number of carbonyl (C=O) groups excluding carboxylic acids is 2. The van der Waals surface area contributed by atoms with E-state index in [4.69, 9.17) is 14.2 Å². The summed E-state index contributed by atoms with van der Waals surface area (Å²) >= 11 is 0. The van der Waals surface area contributed by atoms with E-state index in [-0.39, 0.29) is 0 Å². The van der Waals surface area contributed by atoms with Crippen LogP contribution in [-0.2, 0) is 9.59 Å². The number of anilines is 1. The van der Waals surface area contributed by atoms with E-state index in [1.807, 2.05) is 6.92 Å². The van der Waals surface area contributed by atoms with Crippen molar-refractivity contribution in [1.29, 1.82) is 0 Å². The number of carbonyl (C=O) groups is 2. The number of nitrogens with zero attached hydrogens (tertiary/aromatic N) is 1. The van der Waals surface area contributed by atoms with Gasteiger partial charge in [0.05, 0.1) is 26.5 Å². The fourth-order valence-corrected chi connectivity index (χ4v) is 2.41. The number of unbranched alkanes of at least 4 members (excludes halogenated alkanes) is 1. The van der Waals surface area contributed by atoms with Crippen LogP contribution in [0, 0.1) is 0 Å². The van der Waals surface area contributed by atoms with E-state index in [1.165, 1.54) is 6.21 Å². The predicted octanol–water partition coefficient (Wildman–Crippen LogP) is 3.36. The molecule has 0 saturated heterocycles. The molecule has 2 aromatic rings. The summed E-state index contributed by atoms with van der Waals surface area (Å²) in [6.07, 6.45) is 3.44. The number of amides is 2. The van der Waals surface area contributed by atoms with Crippen LogP contribution >= 0.6 is 0 Å². The summed E-state index contributed by atoms with van der Waals surface area (Å²) in [6.45, 7) is 5.08. The molecule has 0 spiro atoms. The molecular weight excluding hydrogens is 386 g/mol. The minimum atomic E-state index is -0.881. The van der Waals surface area contributed by atoms with E-state index in [1.54, 1.807) is 49.6 Å². The zero-order valence-electron chi connectivity index (χ0n) is 17.4. The monoisotopic (exact) mass is 413 g/mol. The average Bonchev–Trinajstić information content (AvgIpc) is 2.75. The number of methoxy groups -OCH3 is 1. The van der Waals surface area contributed by atoms with Crippen molar-refractivity contribution in [3.8, 4) is 17.2 Å². The molecule has 30 heavy (non-hydrogen) atoms. The minimum Gasteiger partial charge on any atom is -0.494 e. The first-order valence-electron chi connectivity index (χ1n) is 9.75. The van der Waals surface area contributed by atoms with Gasteiger partial charge in [-0.1, -0.05) is 13.3 Å². The third-order valence-electron chi connectivity index (χ3n) is 3.95. The van der Waals surface area contributed by atoms with Gasteiger partial charge in [-0.3, -0.25) is 9.59 Å². The van der Waals surface area contributed by atoms with Crippen LogP contribution in [0.2, 0.25) is 0 Å². The lowest BCUT2D eigenvalue weighted by molar-refractivity contribution is -0.136. The Morgan fingerprint density at radius 3 is 2.43 bits per heavy atom. The van der Waals surface area contributed by atoms with E-state index < -0.39 is 11.8 Å². The van der Waals surface area contributed by atoms with Gasteiger partial charge in [0.15, 0.2) is 11.5 Å². The molecule has 0 radical (unpaired) electrons. The van der Waals surface area contributed by atoms with Crippen LogP contribution in [0.25, 0.3) is 0 Å². The number of hydrazone groups is 1. The van der Waals surface area contributed by atoms with E-state index in [9.17, 15) is 9.59 Å². The molecule has 0 aliphatic heterocycles. The number of nitrogens with one attached hydrogen (secondary N) is 2. The Hall–Kier alpha value is -3.55. The lowest BCUT2D eigenvalue weighted by Gasteiger charge is -2.09. The first kappa shape index (κ1) is 22.7. The molecule has 0 fully saturated rings. The van der Waals surface area contributed by atoms with Gasteiger partial charge in [-0.15, -0.1) is 0 Å². The summed E-state index contributed by atoms with van der Waals surface area (Å²) in [7, 11) is 1.55. The standard InChI is InChI=1S/C22H27N3O5/c1-4-6-13-30-18-10-8-17(9-11-18)24-21(26)22(27)25-23-15-16-7-12-19(28-3)20(14-16)29-5-2/h7-12,14-15H,4-6,13H2,1-3H3,(H,24,26)(H,25,27)/b23-15-. The van der Waals surface area contributed by atoms with Gasteiger partial charge in [0.2, 0.25) is 0 Å². The van der Waals surface area contributed by atoms with E-state index in [2.05, 4.69) is 22.8 Å². The van der Waals surface area contributed by atoms with Gasteiger partial charge < -0.3 is 19.5 Å². The van der Waals surface area contributed by atoms with Crippen LogP contribution in [-0.4, -0.2) is 38.4 Å². The first-order chi connectivity index (χ1) is 14.6. The second-order valence-electron chi connectivity index (χ2n) is 6.22. The number of hydrogen-bond acceptors (Lipinski definition) is 6. The second kappa shape index (κ2) is 12.1. The summed E-state index contributed by atoms with van der Waals surface area (Å²) in [5.41, 5.74) is 3.36. The van der Waals surface area contributed by atoms with E-state index in [0.29, 0.717) is 41.7 Å². The highest BCUT2D eigenvalue weighted by molar-refractivity contribution is 6.39. The minimum absolute atomic E-state index is 0.485. The highest BCUT2D eigenvalue weighted by Gasteiger charge is 2.13. The first-order valence-corrected chi connectivity index (χ1v) is 9.75. The normalized spacial score (nSPS) is 10.5. The molecule has 160 valence electrons. The molecule has 8 heteroatoms. The molecular formula is C22H27N3O5. The molecule has 0 heterocycles. The van der Waals surface area contributed by atoms with Crippen molar-refractivity contribution in [2.45, 2.75) is 26.7 Å². The van der Waals surface area contributed by atoms with E-state index >= 15 is 0 Å². The quantitative estimate of drug-likeness (QED) is 0.269. The topological polar surface area (TPSA) is 98.2 Å². The summed E-state index contributed by atoms with van der Waals surface area (Å²) in [5, 5.41) is 6.32. The zero-order chi connectivity index (χ0) is 21.8. The maximum Gasteiger partial charge on any atom is 0.329 e. The lowest BCUT2D eigenvalue weighted by Crippen LogP contribution is -2.32. The molecule has 0 bridgehead atoms. The van der Waals surface area contributed by atoms with Crippen molar-refractivity contribution in [2.24, 2.45) is 5.10 Å². The Labute approximate surface area is 176 Å². The van der Waals surface area contributed by atoms with Gasteiger partial charge >= 0.3 is 11.8 Å². The number of ether oxygens (including phenoxy) is 3. The number of rotatable bonds is 10. The van der Waals surface area contributed by atoms with Gasteiger partial charge in [-0.2, -0.15) is 5.10 Å². The van der Waals surface area contributed by atoms with Crippen LogP contribution in [0.5, 0.6) is 17.2 Å². The van der Waals surface area contributed by atoms with Gasteiger partial charge in [0.25, 0.3) is 0 Å². The summed E-state index contributed by atoms with van der Waals surface area (Å²) < 4.78 is 16.3. The maximum absolute atomic E-state index is 12.0. The van der Waals surface area contributed by atoms with Crippen LogP contribution < -0.4 is 25.0 Å². The molecule has 2 aromatic carbocycles. The molecule has 0 aromatic heterocycles. The third kappa shape index (κ3) is 7.12. The molecule has 0 aliphatic carbocycles. The van der Waals surface area contributed by atoms with Crippen molar-refractivity contribution in [3.63, 3.8) is 0 Å². The summed E-state index contributed by atoms with van der Waals surface area (Å²) in [5.74, 6) is 0.167. The fraction of sp³-hybridized carbons (Fsp3) is 0.318. The third-order valence-corrected chi connectivity index (χ3v) is 3.95. The largest absolute Gasteiger partial charge is 0.494 e. The molecule has 0 saturated carbocycles. The molecule has 0 aliphatic rings. The summed E-state index contributed by atoms with van der Waals surface area (Å²) in [4.78, 5) is 24.0. The highest BCUT2D eigenvalue weighted by atomic mass is 16.5. The molecule has 8 nitrogen and oxygen atoms in total. The summed E-state index contributed by atoms with van der Waals surface area (Å²) in [6, 6.07) is 12.0. The van der Waals surface area contributed by atoms with Crippen LogP contribution in [0.1, 0.15) is 32.3 Å². The Morgan fingerprint density at radius 2 is 1.77 bits per heavy atom. The van der Waals surface area contributed by atoms with Crippen molar-refractivity contribution in [3.05, 3.63) is 48.0 Å². The zero-order valence-corrected chi connectivity index (χ0v) is 17.4. The SMILES string of the molecule is CCCCOc1ccc(NC(=O)C(=O)N/N=C\c2ccc(OC)c(OCC)c2)cc1. The maximum atomic E-state index is 12.0.